The molecule has 0 bridgehead atoms. The number of aliphatic carboxylic acids is 1. The minimum Gasteiger partial charge on any atom is -0.478 e. The third-order valence-electron chi connectivity index (χ3n) is 2.00. The van der Waals surface area contributed by atoms with Gasteiger partial charge >= 0.3 is 5.97 Å². The van der Waals surface area contributed by atoms with E-state index in [0.29, 0.717) is 0 Å². The van der Waals surface area contributed by atoms with Gasteiger partial charge in [-0.15, -0.1) is 0 Å². The molecule has 1 rings (SSSR count). The summed E-state index contributed by atoms with van der Waals surface area (Å²) in [5, 5.41) is 10.1. The van der Waals surface area contributed by atoms with Crippen molar-refractivity contribution in [2.45, 2.75) is 19.3 Å². The standard InChI is InChI=1S/C9H14N2O3/c12-8(4-5-9(13)14)10-11-6-2-1-3-7-11/h4-5H,1-3,6-7H2,(H,10,12)(H,13,14). The van der Waals surface area contributed by atoms with Gasteiger partial charge in [-0.2, -0.15) is 0 Å². The Labute approximate surface area is 82.4 Å². The molecule has 1 amide bonds. The average molecular weight is 198 g/mol. The van der Waals surface area contributed by atoms with Gasteiger partial charge in [0, 0.05) is 25.2 Å². The summed E-state index contributed by atoms with van der Waals surface area (Å²) < 4.78 is 0. The van der Waals surface area contributed by atoms with Crippen LogP contribution in [0.1, 0.15) is 19.3 Å². The number of carboxylic acids is 1. The van der Waals surface area contributed by atoms with Gasteiger partial charge in [-0.1, -0.05) is 6.42 Å². The minimum atomic E-state index is -1.11. The van der Waals surface area contributed by atoms with Gasteiger partial charge in [0.05, 0.1) is 0 Å². The Hall–Kier alpha value is -1.36. The number of hydrazine groups is 1. The molecule has 0 aromatic heterocycles. The molecule has 1 aliphatic heterocycles. The van der Waals surface area contributed by atoms with Crippen LogP contribution in [0.5, 0.6) is 0 Å². The molecule has 5 nitrogen and oxygen atoms in total. The Morgan fingerprint density at radius 3 is 2.36 bits per heavy atom. The summed E-state index contributed by atoms with van der Waals surface area (Å²) in [5.74, 6) is -1.49. The fourth-order valence-electron chi connectivity index (χ4n) is 1.35. The summed E-state index contributed by atoms with van der Waals surface area (Å²) in [6, 6.07) is 0. The number of amides is 1. The van der Waals surface area contributed by atoms with Gasteiger partial charge in [-0.3, -0.25) is 10.2 Å². The number of piperidine rings is 1. The van der Waals surface area contributed by atoms with Gasteiger partial charge in [0.1, 0.15) is 0 Å². The van der Waals surface area contributed by atoms with Crippen molar-refractivity contribution >= 4 is 11.9 Å². The largest absolute Gasteiger partial charge is 0.478 e. The van der Waals surface area contributed by atoms with Crippen LogP contribution in [-0.4, -0.2) is 35.1 Å². The molecule has 1 saturated heterocycles. The normalized spacial score (nSPS) is 18.3. The molecule has 0 unspecified atom stereocenters. The van der Waals surface area contributed by atoms with Gasteiger partial charge in [0.2, 0.25) is 0 Å². The van der Waals surface area contributed by atoms with Crippen LogP contribution < -0.4 is 5.43 Å². The fourth-order valence-corrected chi connectivity index (χ4v) is 1.35. The van der Waals surface area contributed by atoms with Crippen molar-refractivity contribution in [2.75, 3.05) is 13.1 Å². The second-order valence-electron chi connectivity index (χ2n) is 3.20. The third-order valence-corrected chi connectivity index (χ3v) is 2.00. The van der Waals surface area contributed by atoms with Gasteiger partial charge in [0.25, 0.3) is 5.91 Å². The van der Waals surface area contributed by atoms with Gasteiger partial charge in [0.15, 0.2) is 0 Å². The zero-order chi connectivity index (χ0) is 10.4. The summed E-state index contributed by atoms with van der Waals surface area (Å²) in [6.07, 6.45) is 5.19. The van der Waals surface area contributed by atoms with Crippen LogP contribution in [0.2, 0.25) is 0 Å². The van der Waals surface area contributed by atoms with E-state index < -0.39 is 5.97 Å². The van der Waals surface area contributed by atoms with Crippen molar-refractivity contribution in [3.05, 3.63) is 12.2 Å². The maximum Gasteiger partial charge on any atom is 0.328 e. The van der Waals surface area contributed by atoms with Crippen LogP contribution in [0.15, 0.2) is 12.2 Å². The van der Waals surface area contributed by atoms with Crippen molar-refractivity contribution in [1.82, 2.24) is 10.4 Å². The number of carbonyl (C=O) groups is 2. The number of nitrogens with one attached hydrogen (secondary N) is 1. The van der Waals surface area contributed by atoms with Crippen molar-refractivity contribution in [3.8, 4) is 0 Å². The fraction of sp³-hybridized carbons (Fsp3) is 0.556. The number of carbonyl (C=O) groups excluding carboxylic acids is 1. The summed E-state index contributed by atoms with van der Waals surface area (Å²) in [4.78, 5) is 21.2. The molecule has 0 saturated carbocycles. The van der Waals surface area contributed by atoms with E-state index >= 15 is 0 Å². The Morgan fingerprint density at radius 2 is 1.79 bits per heavy atom. The van der Waals surface area contributed by atoms with E-state index in [4.69, 9.17) is 5.11 Å². The topological polar surface area (TPSA) is 69.6 Å². The van der Waals surface area contributed by atoms with Crippen molar-refractivity contribution in [3.63, 3.8) is 0 Å². The van der Waals surface area contributed by atoms with E-state index in [0.717, 1.165) is 38.1 Å². The van der Waals surface area contributed by atoms with E-state index in [-0.39, 0.29) is 5.91 Å². The molecule has 2 N–H and O–H groups in total. The monoisotopic (exact) mass is 198 g/mol. The Kier molecular flexibility index (Phi) is 4.12. The smallest absolute Gasteiger partial charge is 0.328 e. The number of carboxylic acid groups (broad SMARTS) is 1. The zero-order valence-corrected chi connectivity index (χ0v) is 7.90. The van der Waals surface area contributed by atoms with Crippen molar-refractivity contribution in [2.24, 2.45) is 0 Å². The zero-order valence-electron chi connectivity index (χ0n) is 7.90. The quantitative estimate of drug-likeness (QED) is 0.633. The van der Waals surface area contributed by atoms with Gasteiger partial charge in [-0.25, -0.2) is 9.80 Å². The molecule has 14 heavy (non-hydrogen) atoms. The van der Waals surface area contributed by atoms with E-state index in [1.807, 2.05) is 5.01 Å². The lowest BCUT2D eigenvalue weighted by Gasteiger charge is -2.26. The highest BCUT2D eigenvalue weighted by molar-refractivity contribution is 5.93. The molecular formula is C9H14N2O3. The molecule has 1 heterocycles. The van der Waals surface area contributed by atoms with E-state index in [1.54, 1.807) is 0 Å². The first kappa shape index (κ1) is 10.7. The van der Waals surface area contributed by atoms with E-state index in [1.165, 1.54) is 6.42 Å². The summed E-state index contributed by atoms with van der Waals surface area (Å²) >= 11 is 0. The molecular weight excluding hydrogens is 184 g/mol. The predicted molar refractivity (Wildman–Crippen MR) is 50.3 cm³/mol. The maximum absolute atomic E-state index is 11.1. The van der Waals surface area contributed by atoms with Crippen LogP contribution in [0, 0.1) is 0 Å². The van der Waals surface area contributed by atoms with Crippen LogP contribution in [-0.2, 0) is 9.59 Å². The molecule has 0 atom stereocenters. The summed E-state index contributed by atoms with van der Waals surface area (Å²) in [7, 11) is 0. The van der Waals surface area contributed by atoms with Crippen LogP contribution in [0.3, 0.4) is 0 Å². The first-order valence-electron chi connectivity index (χ1n) is 4.65. The van der Waals surface area contributed by atoms with Gasteiger partial charge < -0.3 is 5.11 Å². The molecule has 1 aliphatic rings. The second kappa shape index (κ2) is 5.39. The first-order chi connectivity index (χ1) is 6.68. The molecule has 0 radical (unpaired) electrons. The molecule has 1 fully saturated rings. The Balaban J connectivity index is 2.28. The van der Waals surface area contributed by atoms with Crippen LogP contribution >= 0.6 is 0 Å². The minimum absolute atomic E-state index is 0.380. The second-order valence-corrected chi connectivity index (χ2v) is 3.20. The molecule has 0 spiro atoms. The lowest BCUT2D eigenvalue weighted by molar-refractivity contribution is -0.132. The SMILES string of the molecule is O=C(O)C=CC(=O)NN1CCCCC1. The number of hydrogen-bond donors (Lipinski definition) is 2. The predicted octanol–water partition coefficient (Wildman–Crippen LogP) is 0.144. The van der Waals surface area contributed by atoms with E-state index in [9.17, 15) is 9.59 Å². The Morgan fingerprint density at radius 1 is 1.14 bits per heavy atom. The lowest BCUT2D eigenvalue weighted by Crippen LogP contribution is -2.44. The molecule has 0 aromatic rings. The first-order valence-corrected chi connectivity index (χ1v) is 4.65. The number of nitrogens with zero attached hydrogens (tertiary/aromatic N) is 1. The molecule has 5 heteroatoms. The summed E-state index contributed by atoms with van der Waals surface area (Å²) in [6.45, 7) is 1.68. The molecule has 0 aliphatic carbocycles. The van der Waals surface area contributed by atoms with E-state index in [2.05, 4.69) is 5.43 Å². The van der Waals surface area contributed by atoms with Crippen LogP contribution in [0.4, 0.5) is 0 Å². The third kappa shape index (κ3) is 4.04. The molecule has 78 valence electrons. The Bertz CT molecular complexity index is 244. The van der Waals surface area contributed by atoms with Crippen LogP contribution in [0.25, 0.3) is 0 Å². The highest BCUT2D eigenvalue weighted by atomic mass is 16.4. The van der Waals surface area contributed by atoms with Gasteiger partial charge in [-0.05, 0) is 12.8 Å². The average Bonchev–Trinajstić information content (AvgIpc) is 2.16. The maximum atomic E-state index is 11.1. The van der Waals surface area contributed by atoms with Crippen molar-refractivity contribution in [1.29, 1.82) is 0 Å². The highest BCUT2D eigenvalue weighted by Crippen LogP contribution is 2.05. The number of hydrogen-bond acceptors (Lipinski definition) is 3. The lowest BCUT2D eigenvalue weighted by atomic mass is 10.2. The number of rotatable bonds is 3. The summed E-state index contributed by atoms with van der Waals surface area (Å²) in [5.41, 5.74) is 2.62. The molecule has 0 aromatic carbocycles. The highest BCUT2D eigenvalue weighted by Gasteiger charge is 2.10. The van der Waals surface area contributed by atoms with Crippen molar-refractivity contribution < 1.29 is 14.7 Å².